The summed E-state index contributed by atoms with van der Waals surface area (Å²) in [5.41, 5.74) is 0.972. The highest BCUT2D eigenvalue weighted by atomic mass is 19.1. The molecule has 1 N–H and O–H groups in total. The zero-order valence-corrected chi connectivity index (χ0v) is 12.7. The van der Waals surface area contributed by atoms with Gasteiger partial charge in [-0.15, -0.1) is 0 Å². The van der Waals surface area contributed by atoms with E-state index in [1.165, 1.54) is 38.3 Å². The van der Waals surface area contributed by atoms with E-state index >= 15 is 0 Å². The van der Waals surface area contributed by atoms with E-state index in [0.29, 0.717) is 12.6 Å². The molecule has 1 aliphatic heterocycles. The van der Waals surface area contributed by atoms with Gasteiger partial charge in [-0.1, -0.05) is 33.1 Å². The van der Waals surface area contributed by atoms with Crippen LogP contribution in [0.4, 0.5) is 10.2 Å². The average Bonchev–Trinajstić information content (AvgIpc) is 2.37. The van der Waals surface area contributed by atoms with Crippen LogP contribution in [-0.2, 0) is 6.54 Å². The molecule has 1 fully saturated rings. The molecule has 2 heterocycles. The molecule has 3 nitrogen and oxygen atoms in total. The van der Waals surface area contributed by atoms with Crippen LogP contribution in [0.2, 0.25) is 0 Å². The maximum atomic E-state index is 13.5. The molecule has 1 aliphatic rings. The van der Waals surface area contributed by atoms with Gasteiger partial charge in [-0.2, -0.15) is 0 Å². The first-order chi connectivity index (χ1) is 9.66. The van der Waals surface area contributed by atoms with E-state index < -0.39 is 0 Å². The Morgan fingerprint density at radius 1 is 1.20 bits per heavy atom. The molecule has 112 valence electrons. The third-order valence-corrected chi connectivity index (χ3v) is 3.77. The van der Waals surface area contributed by atoms with E-state index in [4.69, 9.17) is 0 Å². The third kappa shape index (κ3) is 4.44. The van der Waals surface area contributed by atoms with Crippen molar-refractivity contribution in [1.82, 2.24) is 10.3 Å². The lowest BCUT2D eigenvalue weighted by atomic mass is 10.1. The predicted octanol–water partition coefficient (Wildman–Crippen LogP) is 3.49. The monoisotopic (exact) mass is 279 g/mol. The molecule has 0 aromatic carbocycles. The fraction of sp³-hybridized carbons (Fsp3) is 0.688. The number of nitrogens with one attached hydrogen (secondary N) is 1. The highest BCUT2D eigenvalue weighted by molar-refractivity contribution is 5.47. The molecule has 2 rings (SSSR count). The number of nitrogens with zero attached hydrogens (tertiary/aromatic N) is 2. The highest BCUT2D eigenvalue weighted by Crippen LogP contribution is 2.22. The van der Waals surface area contributed by atoms with Crippen molar-refractivity contribution in [3.05, 3.63) is 23.6 Å². The van der Waals surface area contributed by atoms with Gasteiger partial charge in [0.25, 0.3) is 0 Å². The third-order valence-electron chi connectivity index (χ3n) is 3.77. The lowest BCUT2D eigenvalue weighted by molar-refractivity contribution is 0.545. The average molecular weight is 279 g/mol. The van der Waals surface area contributed by atoms with E-state index in [2.05, 4.69) is 29.0 Å². The Morgan fingerprint density at radius 2 is 1.85 bits per heavy atom. The predicted molar refractivity (Wildman–Crippen MR) is 81.5 cm³/mol. The standard InChI is InChI=1S/C16H26FN3/c1-13(2)18-11-14-10-15(17)12-19-16(14)20-8-6-4-3-5-7-9-20/h10,12-13,18H,3-9,11H2,1-2H3. The minimum atomic E-state index is -0.249. The van der Waals surface area contributed by atoms with Gasteiger partial charge in [-0.25, -0.2) is 9.37 Å². The highest BCUT2D eigenvalue weighted by Gasteiger charge is 2.15. The number of anilines is 1. The maximum Gasteiger partial charge on any atom is 0.141 e. The molecule has 0 saturated carbocycles. The molecule has 0 aliphatic carbocycles. The Labute approximate surface area is 121 Å². The number of aromatic nitrogens is 1. The van der Waals surface area contributed by atoms with E-state index in [1.807, 2.05) is 0 Å². The lowest BCUT2D eigenvalue weighted by Crippen LogP contribution is -2.30. The molecule has 0 spiro atoms. The fourth-order valence-corrected chi connectivity index (χ4v) is 2.66. The van der Waals surface area contributed by atoms with Gasteiger partial charge in [0.1, 0.15) is 11.6 Å². The molecule has 1 saturated heterocycles. The quantitative estimate of drug-likeness (QED) is 0.914. The van der Waals surface area contributed by atoms with Crippen LogP contribution in [0.25, 0.3) is 0 Å². The van der Waals surface area contributed by atoms with Gasteiger partial charge in [0.15, 0.2) is 0 Å². The number of hydrogen-bond donors (Lipinski definition) is 1. The van der Waals surface area contributed by atoms with Crippen LogP contribution in [0.3, 0.4) is 0 Å². The Bertz CT molecular complexity index is 412. The summed E-state index contributed by atoms with van der Waals surface area (Å²) >= 11 is 0. The van der Waals surface area contributed by atoms with Gasteiger partial charge in [0.2, 0.25) is 0 Å². The summed E-state index contributed by atoms with van der Waals surface area (Å²) in [6.07, 6.45) is 7.67. The van der Waals surface area contributed by atoms with Crippen molar-refractivity contribution in [2.45, 2.75) is 58.5 Å². The molecular weight excluding hydrogens is 253 g/mol. The normalized spacial score (nSPS) is 17.1. The molecule has 1 aromatic heterocycles. The summed E-state index contributed by atoms with van der Waals surface area (Å²) in [4.78, 5) is 6.69. The molecule has 0 radical (unpaired) electrons. The summed E-state index contributed by atoms with van der Waals surface area (Å²) in [5, 5.41) is 3.36. The van der Waals surface area contributed by atoms with Crippen molar-refractivity contribution >= 4 is 5.82 Å². The Balaban J connectivity index is 2.15. The van der Waals surface area contributed by atoms with Crippen LogP contribution in [-0.4, -0.2) is 24.1 Å². The first-order valence-corrected chi connectivity index (χ1v) is 7.79. The van der Waals surface area contributed by atoms with E-state index in [1.54, 1.807) is 6.07 Å². The molecular formula is C16H26FN3. The van der Waals surface area contributed by atoms with Gasteiger partial charge in [-0.05, 0) is 18.9 Å². The molecule has 4 heteroatoms. The van der Waals surface area contributed by atoms with Crippen LogP contribution in [0.1, 0.15) is 51.5 Å². The smallest absolute Gasteiger partial charge is 0.141 e. The SMILES string of the molecule is CC(C)NCc1cc(F)cnc1N1CCCCCCC1. The topological polar surface area (TPSA) is 28.2 Å². The molecule has 20 heavy (non-hydrogen) atoms. The summed E-state index contributed by atoms with van der Waals surface area (Å²) in [6, 6.07) is 2.01. The van der Waals surface area contributed by atoms with Crippen molar-refractivity contribution in [3.63, 3.8) is 0 Å². The maximum absolute atomic E-state index is 13.5. The fourth-order valence-electron chi connectivity index (χ4n) is 2.66. The minimum absolute atomic E-state index is 0.249. The van der Waals surface area contributed by atoms with E-state index in [9.17, 15) is 4.39 Å². The number of hydrogen-bond acceptors (Lipinski definition) is 3. The lowest BCUT2D eigenvalue weighted by Gasteiger charge is -2.28. The Kier molecular flexibility index (Phi) is 5.77. The summed E-state index contributed by atoms with van der Waals surface area (Å²) in [7, 11) is 0. The van der Waals surface area contributed by atoms with Crippen molar-refractivity contribution in [2.24, 2.45) is 0 Å². The molecule has 0 amide bonds. The molecule has 0 unspecified atom stereocenters. The number of rotatable bonds is 4. The van der Waals surface area contributed by atoms with Gasteiger partial charge >= 0.3 is 0 Å². The van der Waals surface area contributed by atoms with Gasteiger partial charge in [-0.3, -0.25) is 0 Å². The first kappa shape index (κ1) is 15.2. The van der Waals surface area contributed by atoms with Crippen molar-refractivity contribution < 1.29 is 4.39 Å². The second-order valence-electron chi connectivity index (χ2n) is 5.93. The van der Waals surface area contributed by atoms with Crippen LogP contribution in [0, 0.1) is 5.82 Å². The zero-order valence-electron chi connectivity index (χ0n) is 12.7. The minimum Gasteiger partial charge on any atom is -0.356 e. The van der Waals surface area contributed by atoms with Gasteiger partial charge in [0, 0.05) is 31.2 Å². The Hall–Kier alpha value is -1.16. The largest absolute Gasteiger partial charge is 0.356 e. The van der Waals surface area contributed by atoms with Crippen LogP contribution in [0.15, 0.2) is 12.3 Å². The second-order valence-corrected chi connectivity index (χ2v) is 5.93. The molecule has 0 atom stereocenters. The van der Waals surface area contributed by atoms with Crippen LogP contribution in [0.5, 0.6) is 0 Å². The summed E-state index contributed by atoms with van der Waals surface area (Å²) in [6.45, 7) is 6.94. The molecule has 1 aromatic rings. The van der Waals surface area contributed by atoms with E-state index in [-0.39, 0.29) is 5.82 Å². The second kappa shape index (κ2) is 7.58. The molecule has 0 bridgehead atoms. The number of halogens is 1. The van der Waals surface area contributed by atoms with E-state index in [0.717, 1.165) is 24.5 Å². The summed E-state index contributed by atoms with van der Waals surface area (Å²) in [5.74, 6) is 0.711. The summed E-state index contributed by atoms with van der Waals surface area (Å²) < 4.78 is 13.5. The van der Waals surface area contributed by atoms with Crippen molar-refractivity contribution in [2.75, 3.05) is 18.0 Å². The number of pyridine rings is 1. The van der Waals surface area contributed by atoms with Gasteiger partial charge < -0.3 is 10.2 Å². The van der Waals surface area contributed by atoms with Crippen LogP contribution < -0.4 is 10.2 Å². The zero-order chi connectivity index (χ0) is 14.4. The van der Waals surface area contributed by atoms with Crippen LogP contribution >= 0.6 is 0 Å². The van der Waals surface area contributed by atoms with Gasteiger partial charge in [0.05, 0.1) is 6.20 Å². The van der Waals surface area contributed by atoms with Crippen molar-refractivity contribution in [1.29, 1.82) is 0 Å². The van der Waals surface area contributed by atoms with Crippen molar-refractivity contribution in [3.8, 4) is 0 Å². The Morgan fingerprint density at radius 3 is 2.50 bits per heavy atom. The first-order valence-electron chi connectivity index (χ1n) is 7.79.